The normalized spacial score (nSPS) is 26.4. The molecule has 5 heterocycles. The van der Waals surface area contributed by atoms with E-state index in [0.29, 0.717) is 32.1 Å². The monoisotopic (exact) mass is 648 g/mol. The van der Waals surface area contributed by atoms with Gasteiger partial charge in [-0.3, -0.25) is 4.90 Å². The van der Waals surface area contributed by atoms with Gasteiger partial charge in [0.05, 0.1) is 29.2 Å². The third-order valence-electron chi connectivity index (χ3n) is 11.8. The molecule has 2 bridgehead atoms. The maximum atomic E-state index is 13.5. The van der Waals surface area contributed by atoms with E-state index in [1.807, 2.05) is 24.3 Å². The highest BCUT2D eigenvalue weighted by molar-refractivity contribution is 6.01. The smallest absolute Gasteiger partial charge is 0.319 e. The number of anilines is 1. The van der Waals surface area contributed by atoms with E-state index in [1.165, 1.54) is 12.8 Å². The molecular formula is C38H44N6O4. The van der Waals surface area contributed by atoms with Crippen LogP contribution in [0.25, 0.3) is 32.8 Å². The van der Waals surface area contributed by atoms with E-state index in [0.717, 1.165) is 90.2 Å². The second-order valence-electron chi connectivity index (χ2n) is 14.8. The van der Waals surface area contributed by atoms with Gasteiger partial charge in [-0.1, -0.05) is 30.3 Å². The molecule has 4 aliphatic heterocycles. The zero-order chi connectivity index (χ0) is 32.4. The van der Waals surface area contributed by atoms with E-state index >= 15 is 0 Å². The highest BCUT2D eigenvalue weighted by atomic mass is 16.5. The van der Waals surface area contributed by atoms with E-state index < -0.39 is 0 Å². The van der Waals surface area contributed by atoms with Gasteiger partial charge in [0.25, 0.3) is 0 Å². The summed E-state index contributed by atoms with van der Waals surface area (Å²) in [6.07, 6.45) is 8.52. The summed E-state index contributed by atoms with van der Waals surface area (Å²) in [5, 5.41) is 26.8. The molecule has 250 valence electrons. The summed E-state index contributed by atoms with van der Waals surface area (Å²) in [6, 6.07) is 18.7. The summed E-state index contributed by atoms with van der Waals surface area (Å²) < 4.78 is 6.56. The van der Waals surface area contributed by atoms with Crippen LogP contribution < -0.4 is 15.0 Å². The van der Waals surface area contributed by atoms with E-state index in [1.54, 1.807) is 6.07 Å². The number of carbonyl (C=O) groups excluding carboxylic acids is 1. The molecule has 1 saturated carbocycles. The van der Waals surface area contributed by atoms with Crippen molar-refractivity contribution in [1.82, 2.24) is 25.1 Å². The Bertz CT molecular complexity index is 1860. The fraction of sp³-hybridized carbons (Fsp3) is 0.500. The maximum Gasteiger partial charge on any atom is 0.319 e. The first-order valence-corrected chi connectivity index (χ1v) is 17.9. The number of aromatic hydroxyl groups is 1. The van der Waals surface area contributed by atoms with Crippen molar-refractivity contribution in [2.24, 2.45) is 0 Å². The summed E-state index contributed by atoms with van der Waals surface area (Å²) >= 11 is 0. The van der Waals surface area contributed by atoms with Crippen molar-refractivity contribution in [3.8, 4) is 22.9 Å². The number of aromatic nitrogens is 2. The third kappa shape index (κ3) is 5.20. The lowest BCUT2D eigenvalue weighted by atomic mass is 9.95. The van der Waals surface area contributed by atoms with Gasteiger partial charge in [0.15, 0.2) is 0 Å². The number of aliphatic hydroxyl groups excluding tert-OH is 1. The summed E-state index contributed by atoms with van der Waals surface area (Å²) in [5.74, 6) is 1.08. The number of phenols is 1. The number of amides is 2. The fourth-order valence-electron chi connectivity index (χ4n) is 9.50. The molecule has 5 fully saturated rings. The van der Waals surface area contributed by atoms with Crippen LogP contribution in [0.2, 0.25) is 0 Å². The second kappa shape index (κ2) is 11.8. The molecule has 4 atom stereocenters. The highest BCUT2D eigenvalue weighted by Gasteiger charge is 2.46. The number of urea groups is 1. The second-order valence-corrected chi connectivity index (χ2v) is 14.8. The number of ether oxygens (including phenoxy) is 1. The molecular weight excluding hydrogens is 604 g/mol. The Hall–Kier alpha value is -4.15. The summed E-state index contributed by atoms with van der Waals surface area (Å²) in [5.41, 5.74) is 2.81. The highest BCUT2D eigenvalue weighted by Crippen LogP contribution is 2.41. The lowest BCUT2D eigenvalue weighted by molar-refractivity contribution is 0.108. The predicted octanol–water partition coefficient (Wildman–Crippen LogP) is 5.44. The first kappa shape index (κ1) is 29.9. The van der Waals surface area contributed by atoms with Crippen molar-refractivity contribution >= 4 is 33.5 Å². The van der Waals surface area contributed by atoms with Crippen LogP contribution in [-0.4, -0.2) is 98.6 Å². The molecule has 9 rings (SSSR count). The van der Waals surface area contributed by atoms with Crippen molar-refractivity contribution in [2.75, 3.05) is 37.7 Å². The number of nitrogens with zero attached hydrogens (tertiary/aromatic N) is 5. The van der Waals surface area contributed by atoms with Gasteiger partial charge in [-0.2, -0.15) is 9.97 Å². The third-order valence-corrected chi connectivity index (χ3v) is 11.8. The number of phenolic OH excluding ortho intramolecular Hbond substituents is 1. The van der Waals surface area contributed by atoms with Gasteiger partial charge in [-0.05, 0) is 117 Å². The number of fused-ring (bicyclic) bond motifs is 5. The molecule has 10 nitrogen and oxygen atoms in total. The van der Waals surface area contributed by atoms with Gasteiger partial charge in [-0.15, -0.1) is 0 Å². The zero-order valence-electron chi connectivity index (χ0n) is 27.4. The molecule has 1 aliphatic carbocycles. The minimum atomic E-state index is -0.317. The number of hydrogen-bond donors (Lipinski definition) is 3. The van der Waals surface area contributed by atoms with Crippen molar-refractivity contribution < 1.29 is 19.7 Å². The molecule has 0 spiro atoms. The quantitative estimate of drug-likeness (QED) is 0.254. The SMILES string of the molecule is O=C(N[C@H]1CC[C@@H](O)C1)N1C2CCC1CN(c1nc(OCC34CCCN3CCC4)nc3cc(-c4cc(O)cc5ccccc45)ccc13)C2. The number of aliphatic hydroxyl groups is 1. The Balaban J connectivity index is 1.06. The van der Waals surface area contributed by atoms with Crippen molar-refractivity contribution in [3.05, 3.63) is 54.6 Å². The molecule has 1 aromatic heterocycles. The van der Waals surface area contributed by atoms with Crippen LogP contribution in [0.4, 0.5) is 10.6 Å². The van der Waals surface area contributed by atoms with Gasteiger partial charge in [0, 0.05) is 24.5 Å². The molecule has 4 aromatic rings. The van der Waals surface area contributed by atoms with E-state index in [4.69, 9.17) is 14.7 Å². The first-order chi connectivity index (χ1) is 23.4. The van der Waals surface area contributed by atoms with Crippen molar-refractivity contribution in [1.29, 1.82) is 0 Å². The number of nitrogens with one attached hydrogen (secondary N) is 1. The van der Waals surface area contributed by atoms with Crippen LogP contribution in [0.15, 0.2) is 54.6 Å². The zero-order valence-corrected chi connectivity index (χ0v) is 27.4. The molecule has 5 aliphatic rings. The van der Waals surface area contributed by atoms with E-state index in [2.05, 4.69) is 44.3 Å². The molecule has 48 heavy (non-hydrogen) atoms. The van der Waals surface area contributed by atoms with Gasteiger partial charge >= 0.3 is 12.0 Å². The minimum Gasteiger partial charge on any atom is -0.508 e. The molecule has 3 N–H and O–H groups in total. The molecule has 4 saturated heterocycles. The number of rotatable bonds is 6. The van der Waals surface area contributed by atoms with Gasteiger partial charge in [-0.25, -0.2) is 4.79 Å². The summed E-state index contributed by atoms with van der Waals surface area (Å²) in [7, 11) is 0. The summed E-state index contributed by atoms with van der Waals surface area (Å²) in [6.45, 7) is 4.25. The van der Waals surface area contributed by atoms with E-state index in [9.17, 15) is 15.0 Å². The Kier molecular flexibility index (Phi) is 7.34. The maximum absolute atomic E-state index is 13.5. The Morgan fingerprint density at radius 3 is 2.50 bits per heavy atom. The number of hydrogen-bond acceptors (Lipinski definition) is 8. The number of piperazine rings is 1. The molecule has 10 heteroatoms. The van der Waals surface area contributed by atoms with Crippen LogP contribution in [0, 0.1) is 0 Å². The average molecular weight is 649 g/mol. The van der Waals surface area contributed by atoms with Gasteiger partial charge in [0.2, 0.25) is 0 Å². The number of carbonyl (C=O) groups is 1. The van der Waals surface area contributed by atoms with Crippen LogP contribution in [0.5, 0.6) is 11.8 Å². The van der Waals surface area contributed by atoms with Gasteiger partial charge < -0.3 is 30.1 Å². The van der Waals surface area contributed by atoms with Crippen LogP contribution in [0.3, 0.4) is 0 Å². The molecule has 2 unspecified atom stereocenters. The minimum absolute atomic E-state index is 0.00209. The number of benzene rings is 3. The van der Waals surface area contributed by atoms with E-state index in [-0.39, 0.29) is 41.5 Å². The Morgan fingerprint density at radius 1 is 0.938 bits per heavy atom. The Labute approximate surface area is 280 Å². The van der Waals surface area contributed by atoms with Crippen LogP contribution >= 0.6 is 0 Å². The fourth-order valence-corrected chi connectivity index (χ4v) is 9.50. The molecule has 0 radical (unpaired) electrons. The lowest BCUT2D eigenvalue weighted by Gasteiger charge is -2.42. The standard InChI is InChI=1S/C38H44N6O4/c45-29-11-8-26(19-29)39-37(47)44-27-9-10-28(44)22-42(21-27)35-32-12-7-25(33-20-30(46)17-24-5-1-2-6-31(24)33)18-34(32)40-36(41-35)48-23-38-13-3-15-43(38)16-4-14-38/h1-2,5-7,12,17-18,20,26-29,45-46H,3-4,8-11,13-16,19,21-23H2,(H,39,47)/t26-,27?,28?,29+/m0/s1. The van der Waals surface area contributed by atoms with Crippen molar-refractivity contribution in [3.63, 3.8) is 0 Å². The lowest BCUT2D eigenvalue weighted by Crippen LogP contribution is -2.59. The van der Waals surface area contributed by atoms with Gasteiger partial charge in [0.1, 0.15) is 18.2 Å². The first-order valence-electron chi connectivity index (χ1n) is 17.9. The largest absolute Gasteiger partial charge is 0.508 e. The Morgan fingerprint density at radius 2 is 1.73 bits per heavy atom. The van der Waals surface area contributed by atoms with Crippen LogP contribution in [-0.2, 0) is 0 Å². The summed E-state index contributed by atoms with van der Waals surface area (Å²) in [4.78, 5) is 30.6. The average Bonchev–Trinajstić information content (AvgIpc) is 3.85. The predicted molar refractivity (Wildman–Crippen MR) is 185 cm³/mol. The van der Waals surface area contributed by atoms with Crippen molar-refractivity contribution in [2.45, 2.75) is 87.6 Å². The molecule has 2 amide bonds. The molecule has 3 aromatic carbocycles. The topological polar surface area (TPSA) is 114 Å². The van der Waals surface area contributed by atoms with Crippen LogP contribution in [0.1, 0.15) is 57.8 Å².